The number of aromatic carboxylic acids is 1. The molecule has 1 aromatic heterocycles. The molecular weight excluding hydrogens is 472 g/mol. The number of fused-ring (bicyclic) bond motifs is 1. The van der Waals surface area contributed by atoms with Crippen molar-refractivity contribution in [1.29, 1.82) is 5.41 Å². The molecule has 0 fully saturated rings. The van der Waals surface area contributed by atoms with E-state index in [0.29, 0.717) is 33.2 Å². The highest BCUT2D eigenvalue weighted by Crippen LogP contribution is 2.33. The van der Waals surface area contributed by atoms with E-state index in [0.717, 1.165) is 17.5 Å². The molecule has 3 aromatic rings. The Kier molecular flexibility index (Phi) is 5.91. The van der Waals surface area contributed by atoms with Crippen LogP contribution in [0.4, 0.5) is 0 Å². The molecule has 2 aliphatic rings. The summed E-state index contributed by atoms with van der Waals surface area (Å²) < 4.78 is 10.2. The number of aliphatic imine (C=N–C) groups is 1. The van der Waals surface area contributed by atoms with Gasteiger partial charge < -0.3 is 9.52 Å². The van der Waals surface area contributed by atoms with Crippen LogP contribution in [0.25, 0.3) is 17.4 Å². The van der Waals surface area contributed by atoms with Crippen LogP contribution in [-0.2, 0) is 10.5 Å². The zero-order valence-electron chi connectivity index (χ0n) is 17.5. The van der Waals surface area contributed by atoms with Crippen LogP contribution in [0.5, 0.6) is 0 Å². The standard InChI is InChI=1S/C24H16N4O4S2/c25-20-18(12-17-9-10-19(32-17)15-7-4-8-16(11-15)22(30)31)21(29)26-23-28(20)24(27-34-23)33-13-14-5-2-1-3-6-14/h1-12,25H,13H2,(H,30,31). The van der Waals surface area contributed by atoms with E-state index in [4.69, 9.17) is 9.83 Å². The molecule has 8 nitrogen and oxygen atoms in total. The lowest BCUT2D eigenvalue weighted by molar-refractivity contribution is -0.114. The summed E-state index contributed by atoms with van der Waals surface area (Å²) in [6.07, 6.45) is 1.47. The topological polar surface area (TPSA) is 119 Å². The molecule has 2 aromatic carbocycles. The second-order valence-corrected chi connectivity index (χ2v) is 8.94. The van der Waals surface area contributed by atoms with Gasteiger partial charge in [0.1, 0.15) is 17.4 Å². The van der Waals surface area contributed by atoms with E-state index in [1.807, 2.05) is 30.3 Å². The third kappa shape index (κ3) is 4.33. The number of benzene rings is 2. The van der Waals surface area contributed by atoms with Crippen LogP contribution < -0.4 is 0 Å². The highest BCUT2D eigenvalue weighted by molar-refractivity contribution is 8.18. The maximum absolute atomic E-state index is 12.6. The molecule has 0 unspecified atom stereocenters. The lowest BCUT2D eigenvalue weighted by Crippen LogP contribution is -2.41. The molecule has 2 N–H and O–H groups in total. The molecule has 0 saturated carbocycles. The highest BCUT2D eigenvalue weighted by Gasteiger charge is 2.37. The molecule has 168 valence electrons. The number of amides is 1. The van der Waals surface area contributed by atoms with E-state index in [9.17, 15) is 14.7 Å². The van der Waals surface area contributed by atoms with Crippen molar-refractivity contribution in [2.75, 3.05) is 0 Å². The number of carbonyl (C=O) groups excluding carboxylic acids is 1. The van der Waals surface area contributed by atoms with Crippen molar-refractivity contribution in [3.05, 3.63) is 89.2 Å². The summed E-state index contributed by atoms with van der Waals surface area (Å²) in [5, 5.41) is 18.8. The molecule has 0 aliphatic carbocycles. The number of rotatable bonds is 5. The summed E-state index contributed by atoms with van der Waals surface area (Å²) in [7, 11) is 0. The number of carbonyl (C=O) groups is 2. The van der Waals surface area contributed by atoms with Crippen molar-refractivity contribution in [2.45, 2.75) is 5.75 Å². The van der Waals surface area contributed by atoms with Crippen LogP contribution in [-0.4, -0.2) is 38.1 Å². The van der Waals surface area contributed by atoms with Crippen LogP contribution in [0.15, 0.2) is 86.1 Å². The molecule has 1 amide bonds. The van der Waals surface area contributed by atoms with Crippen LogP contribution >= 0.6 is 23.7 Å². The molecule has 0 radical (unpaired) electrons. The molecule has 2 aliphatic heterocycles. The van der Waals surface area contributed by atoms with E-state index in [-0.39, 0.29) is 17.0 Å². The van der Waals surface area contributed by atoms with Gasteiger partial charge in [-0.3, -0.25) is 10.2 Å². The number of hydrogen-bond donors (Lipinski definition) is 2. The Bertz CT molecular complexity index is 1410. The van der Waals surface area contributed by atoms with Crippen molar-refractivity contribution in [3.63, 3.8) is 0 Å². The fraction of sp³-hybridized carbons (Fsp3) is 0.0417. The first kappa shape index (κ1) is 21.9. The summed E-state index contributed by atoms with van der Waals surface area (Å²) in [5.74, 6) is -0.127. The van der Waals surface area contributed by atoms with E-state index < -0.39 is 11.9 Å². The first-order valence-electron chi connectivity index (χ1n) is 10.1. The number of carboxylic acids is 1. The van der Waals surface area contributed by atoms with E-state index in [1.165, 1.54) is 30.0 Å². The largest absolute Gasteiger partial charge is 0.478 e. The highest BCUT2D eigenvalue weighted by atomic mass is 32.2. The minimum absolute atomic E-state index is 0.0230. The lowest BCUT2D eigenvalue weighted by Gasteiger charge is -2.24. The Labute approximate surface area is 202 Å². The summed E-state index contributed by atoms with van der Waals surface area (Å²) in [6, 6.07) is 19.6. The van der Waals surface area contributed by atoms with Crippen molar-refractivity contribution in [1.82, 2.24) is 4.90 Å². The predicted molar refractivity (Wildman–Crippen MR) is 134 cm³/mol. The van der Waals surface area contributed by atoms with Crippen LogP contribution in [0.1, 0.15) is 21.7 Å². The van der Waals surface area contributed by atoms with Crippen LogP contribution in [0.3, 0.4) is 0 Å². The molecule has 34 heavy (non-hydrogen) atoms. The second-order valence-electron chi connectivity index (χ2n) is 7.27. The molecule has 0 bridgehead atoms. The average molecular weight is 489 g/mol. The minimum Gasteiger partial charge on any atom is -0.478 e. The lowest BCUT2D eigenvalue weighted by atomic mass is 10.1. The Balaban J connectivity index is 1.38. The summed E-state index contributed by atoms with van der Waals surface area (Å²) in [6.45, 7) is 0. The van der Waals surface area contributed by atoms with Crippen molar-refractivity contribution < 1.29 is 19.1 Å². The smallest absolute Gasteiger partial charge is 0.335 e. The maximum atomic E-state index is 12.6. The van der Waals surface area contributed by atoms with Gasteiger partial charge in [-0.1, -0.05) is 54.2 Å². The minimum atomic E-state index is -1.03. The first-order valence-corrected chi connectivity index (χ1v) is 11.8. The monoisotopic (exact) mass is 488 g/mol. The fourth-order valence-electron chi connectivity index (χ4n) is 3.35. The van der Waals surface area contributed by atoms with Gasteiger partial charge in [-0.2, -0.15) is 9.39 Å². The molecule has 5 rings (SSSR count). The SMILES string of the molecule is N=C1C(=Cc2ccc(-c3cccc(C(=O)O)c3)o2)C(=O)N=C2SN=C(SCc3ccccc3)N12. The quantitative estimate of drug-likeness (QED) is 0.376. The van der Waals surface area contributed by atoms with Crippen molar-refractivity contribution in [2.24, 2.45) is 9.39 Å². The van der Waals surface area contributed by atoms with Gasteiger partial charge in [-0.25, -0.2) is 9.69 Å². The van der Waals surface area contributed by atoms with Crippen molar-refractivity contribution in [3.8, 4) is 11.3 Å². The Morgan fingerprint density at radius 3 is 2.76 bits per heavy atom. The first-order chi connectivity index (χ1) is 16.5. The number of carboxylic acid groups (broad SMARTS) is 1. The van der Waals surface area contributed by atoms with Crippen molar-refractivity contribution >= 4 is 57.8 Å². The van der Waals surface area contributed by atoms with Gasteiger partial charge in [-0.05, 0) is 35.9 Å². The second kappa shape index (κ2) is 9.16. The zero-order valence-corrected chi connectivity index (χ0v) is 19.1. The van der Waals surface area contributed by atoms with Gasteiger partial charge in [0.25, 0.3) is 5.91 Å². The zero-order chi connectivity index (χ0) is 23.7. The molecule has 3 heterocycles. The number of furan rings is 1. The fourth-order valence-corrected chi connectivity index (χ4v) is 5.15. The van der Waals surface area contributed by atoms with Gasteiger partial charge in [-0.15, -0.1) is 0 Å². The molecule has 0 atom stereocenters. The van der Waals surface area contributed by atoms with Gasteiger partial charge >= 0.3 is 5.97 Å². The predicted octanol–water partition coefficient (Wildman–Crippen LogP) is 5.15. The molecular formula is C24H16N4O4S2. The summed E-state index contributed by atoms with van der Waals surface area (Å²) >= 11 is 2.54. The number of amidine groups is 3. The van der Waals surface area contributed by atoms with Gasteiger partial charge in [0.05, 0.1) is 23.1 Å². The average Bonchev–Trinajstić information content (AvgIpc) is 3.48. The number of nitrogens with one attached hydrogen (secondary N) is 1. The Morgan fingerprint density at radius 2 is 1.97 bits per heavy atom. The third-order valence-corrected chi connectivity index (χ3v) is 6.84. The number of nitrogens with zero attached hydrogens (tertiary/aromatic N) is 3. The van der Waals surface area contributed by atoms with Crippen LogP contribution in [0, 0.1) is 5.41 Å². The normalized spacial score (nSPS) is 16.5. The molecule has 0 spiro atoms. The van der Waals surface area contributed by atoms with Gasteiger partial charge in [0.15, 0.2) is 5.17 Å². The van der Waals surface area contributed by atoms with E-state index in [2.05, 4.69) is 9.39 Å². The Morgan fingerprint density at radius 1 is 1.15 bits per heavy atom. The third-order valence-electron chi connectivity index (χ3n) is 5.01. The maximum Gasteiger partial charge on any atom is 0.335 e. The van der Waals surface area contributed by atoms with Crippen LogP contribution in [0.2, 0.25) is 0 Å². The number of thioether (sulfide) groups is 1. The number of hydrogen-bond acceptors (Lipinski definition) is 7. The summed E-state index contributed by atoms with van der Waals surface area (Å²) in [5.41, 5.74) is 1.94. The molecule has 0 saturated heterocycles. The van der Waals surface area contributed by atoms with Gasteiger partial charge in [0, 0.05) is 11.3 Å². The summed E-state index contributed by atoms with van der Waals surface area (Å²) in [4.78, 5) is 29.5. The Hall–Kier alpha value is -3.89. The van der Waals surface area contributed by atoms with Gasteiger partial charge in [0.2, 0.25) is 5.17 Å². The van der Waals surface area contributed by atoms with E-state index in [1.54, 1.807) is 29.2 Å². The molecule has 10 heteroatoms. The van der Waals surface area contributed by atoms with E-state index >= 15 is 0 Å².